The summed E-state index contributed by atoms with van der Waals surface area (Å²) < 4.78 is 19.3. The Balaban J connectivity index is 1.57. The summed E-state index contributed by atoms with van der Waals surface area (Å²) in [7, 11) is 4.67. The van der Waals surface area contributed by atoms with Crippen molar-refractivity contribution in [2.75, 3.05) is 41.0 Å². The van der Waals surface area contributed by atoms with Crippen LogP contribution in [0.1, 0.15) is 53.7 Å². The van der Waals surface area contributed by atoms with Gasteiger partial charge >= 0.3 is 0 Å². The maximum absolute atomic E-state index is 14.1. The van der Waals surface area contributed by atoms with E-state index in [4.69, 9.17) is 14.2 Å². The van der Waals surface area contributed by atoms with Crippen LogP contribution >= 0.6 is 15.9 Å². The minimum Gasteiger partial charge on any atom is -0.497 e. The first kappa shape index (κ1) is 30.7. The third kappa shape index (κ3) is 8.14. The summed E-state index contributed by atoms with van der Waals surface area (Å²) in [5.41, 5.74) is 2.63. The first-order valence-electron chi connectivity index (χ1n) is 14.1. The number of methoxy groups -OCH3 is 3. The van der Waals surface area contributed by atoms with Crippen molar-refractivity contribution in [1.29, 1.82) is 0 Å². The highest BCUT2D eigenvalue weighted by Gasteiger charge is 2.30. The summed E-state index contributed by atoms with van der Waals surface area (Å²) in [6.45, 7) is 1.77. The van der Waals surface area contributed by atoms with E-state index in [1.54, 1.807) is 37.3 Å². The van der Waals surface area contributed by atoms with Crippen LogP contribution in [-0.4, -0.2) is 73.2 Å². The maximum Gasteiger partial charge on any atom is 0.258 e. The van der Waals surface area contributed by atoms with E-state index in [-0.39, 0.29) is 30.9 Å². The maximum atomic E-state index is 14.1. The molecule has 2 amide bonds. The van der Waals surface area contributed by atoms with Gasteiger partial charge in [-0.25, -0.2) is 0 Å². The summed E-state index contributed by atoms with van der Waals surface area (Å²) in [5, 5.41) is 0. The molecule has 1 aliphatic rings. The minimum atomic E-state index is -0.280. The van der Waals surface area contributed by atoms with Gasteiger partial charge in [0.05, 0.1) is 32.9 Å². The lowest BCUT2D eigenvalue weighted by atomic mass is 9.94. The van der Waals surface area contributed by atoms with Gasteiger partial charge in [-0.3, -0.25) is 9.59 Å². The van der Waals surface area contributed by atoms with Gasteiger partial charge in [-0.05, 0) is 54.8 Å². The second kappa shape index (κ2) is 15.1. The Bertz CT molecular complexity index is 1290. The number of carbonyl (C=O) groups excluding carboxylic acids is 2. The Labute approximate surface area is 251 Å². The van der Waals surface area contributed by atoms with Crippen LogP contribution in [0.3, 0.4) is 0 Å². The summed E-state index contributed by atoms with van der Waals surface area (Å²) >= 11 is 3.51. The smallest absolute Gasteiger partial charge is 0.258 e. The Hall–Kier alpha value is -3.30. The van der Waals surface area contributed by atoms with Crippen LogP contribution in [0.2, 0.25) is 0 Å². The van der Waals surface area contributed by atoms with Crippen molar-refractivity contribution in [3.05, 3.63) is 82.1 Å². The van der Waals surface area contributed by atoms with Crippen molar-refractivity contribution in [1.82, 2.24) is 14.4 Å². The van der Waals surface area contributed by atoms with Gasteiger partial charge in [-0.2, -0.15) is 0 Å². The summed E-state index contributed by atoms with van der Waals surface area (Å²) in [6.07, 6.45) is 7.39. The molecule has 3 aromatic rings. The summed E-state index contributed by atoms with van der Waals surface area (Å²) in [4.78, 5) is 31.4. The number of carbonyl (C=O) groups is 2. The molecule has 0 radical (unpaired) electrons. The molecule has 1 aliphatic carbocycles. The van der Waals surface area contributed by atoms with Crippen LogP contribution in [0.25, 0.3) is 0 Å². The fourth-order valence-corrected chi connectivity index (χ4v) is 5.64. The van der Waals surface area contributed by atoms with Crippen LogP contribution in [0.4, 0.5) is 0 Å². The molecular formula is C32H40BrN3O5. The number of hydrogen-bond donors (Lipinski definition) is 0. The average Bonchev–Trinajstić information content (AvgIpc) is 3.45. The van der Waals surface area contributed by atoms with E-state index in [9.17, 15) is 9.59 Å². The van der Waals surface area contributed by atoms with Crippen LogP contribution in [-0.2, 0) is 22.6 Å². The van der Waals surface area contributed by atoms with E-state index in [1.165, 1.54) is 19.1 Å². The number of rotatable bonds is 13. The minimum absolute atomic E-state index is 0.0404. The Morgan fingerprint density at radius 3 is 2.41 bits per heavy atom. The monoisotopic (exact) mass is 625 g/mol. The number of ether oxygens (including phenoxy) is 3. The normalized spacial score (nSPS) is 13.6. The highest BCUT2D eigenvalue weighted by molar-refractivity contribution is 9.10. The van der Waals surface area contributed by atoms with E-state index in [2.05, 4.69) is 44.9 Å². The van der Waals surface area contributed by atoms with Gasteiger partial charge in [0, 0.05) is 48.7 Å². The van der Waals surface area contributed by atoms with Crippen molar-refractivity contribution in [2.45, 2.75) is 51.2 Å². The molecular weight excluding hydrogens is 586 g/mol. The third-order valence-electron chi connectivity index (χ3n) is 7.68. The van der Waals surface area contributed by atoms with Crippen molar-refractivity contribution in [3.8, 4) is 11.5 Å². The molecule has 2 aromatic carbocycles. The lowest BCUT2D eigenvalue weighted by molar-refractivity contribution is -0.136. The first-order valence-corrected chi connectivity index (χ1v) is 14.9. The molecule has 8 nitrogen and oxygen atoms in total. The summed E-state index contributed by atoms with van der Waals surface area (Å²) in [6, 6.07) is 17.6. The third-order valence-corrected chi connectivity index (χ3v) is 8.20. The molecule has 220 valence electrons. The molecule has 0 atom stereocenters. The van der Waals surface area contributed by atoms with E-state index in [0.717, 1.165) is 42.4 Å². The predicted molar refractivity (Wildman–Crippen MR) is 162 cm³/mol. The fraction of sp³-hybridized carbons (Fsp3) is 0.438. The molecule has 0 N–H and O–H groups in total. The standard InChI is InChI=1S/C32H40BrN3O5/c1-39-19-18-35(32(38)29-16-15-28(40-2)20-30(29)41-3)23-31(37)36(26-8-5-4-6-9-26)22-27-10-7-17-34(27)21-24-11-13-25(33)14-12-24/h7,10-17,20,26H,4-6,8-9,18-19,21-23H2,1-3H3. The van der Waals surface area contributed by atoms with Gasteiger partial charge in [-0.15, -0.1) is 0 Å². The Morgan fingerprint density at radius 1 is 0.976 bits per heavy atom. The first-order chi connectivity index (χ1) is 19.9. The molecule has 0 spiro atoms. The van der Waals surface area contributed by atoms with Crippen LogP contribution in [0.5, 0.6) is 11.5 Å². The molecule has 0 saturated heterocycles. The van der Waals surface area contributed by atoms with Gasteiger partial charge in [0.1, 0.15) is 18.0 Å². The van der Waals surface area contributed by atoms with E-state index in [1.807, 2.05) is 23.1 Å². The second-order valence-electron chi connectivity index (χ2n) is 10.4. The predicted octanol–water partition coefficient (Wildman–Crippen LogP) is 5.77. The van der Waals surface area contributed by atoms with Crippen LogP contribution in [0, 0.1) is 0 Å². The number of amides is 2. The van der Waals surface area contributed by atoms with E-state index in [0.29, 0.717) is 30.2 Å². The molecule has 1 fully saturated rings. The van der Waals surface area contributed by atoms with E-state index >= 15 is 0 Å². The zero-order valence-corrected chi connectivity index (χ0v) is 25.8. The number of nitrogens with zero attached hydrogens (tertiary/aromatic N) is 3. The zero-order valence-electron chi connectivity index (χ0n) is 24.2. The van der Waals surface area contributed by atoms with Crippen LogP contribution in [0.15, 0.2) is 65.3 Å². The van der Waals surface area contributed by atoms with Crippen LogP contribution < -0.4 is 9.47 Å². The average molecular weight is 627 g/mol. The Morgan fingerprint density at radius 2 is 1.73 bits per heavy atom. The SMILES string of the molecule is COCCN(CC(=O)N(Cc1cccn1Cc1ccc(Br)cc1)C1CCCCC1)C(=O)c1ccc(OC)cc1OC. The topological polar surface area (TPSA) is 73.2 Å². The van der Waals surface area contributed by atoms with Crippen molar-refractivity contribution in [2.24, 2.45) is 0 Å². The number of aromatic nitrogens is 1. The number of benzene rings is 2. The lowest BCUT2D eigenvalue weighted by Crippen LogP contribution is -2.48. The van der Waals surface area contributed by atoms with Gasteiger partial charge in [0.15, 0.2) is 0 Å². The molecule has 1 aromatic heterocycles. The molecule has 1 saturated carbocycles. The van der Waals surface area contributed by atoms with Crippen molar-refractivity contribution < 1.29 is 23.8 Å². The van der Waals surface area contributed by atoms with Gasteiger partial charge < -0.3 is 28.6 Å². The largest absolute Gasteiger partial charge is 0.497 e. The quantitative estimate of drug-likeness (QED) is 0.241. The van der Waals surface area contributed by atoms with Gasteiger partial charge in [0.2, 0.25) is 5.91 Å². The van der Waals surface area contributed by atoms with Crippen molar-refractivity contribution in [3.63, 3.8) is 0 Å². The summed E-state index contributed by atoms with van der Waals surface area (Å²) in [5.74, 6) is 0.647. The molecule has 4 rings (SSSR count). The molecule has 9 heteroatoms. The molecule has 0 bridgehead atoms. The molecule has 0 aliphatic heterocycles. The van der Waals surface area contributed by atoms with E-state index < -0.39 is 0 Å². The van der Waals surface area contributed by atoms with Gasteiger partial charge in [0.25, 0.3) is 5.91 Å². The molecule has 41 heavy (non-hydrogen) atoms. The zero-order chi connectivity index (χ0) is 29.2. The second-order valence-corrected chi connectivity index (χ2v) is 11.3. The van der Waals surface area contributed by atoms with Gasteiger partial charge in [-0.1, -0.05) is 47.3 Å². The van der Waals surface area contributed by atoms with Crippen molar-refractivity contribution >= 4 is 27.7 Å². The number of halogens is 1. The molecule has 0 unspecified atom stereocenters. The number of hydrogen-bond acceptors (Lipinski definition) is 5. The molecule has 1 heterocycles. The highest BCUT2D eigenvalue weighted by Crippen LogP contribution is 2.27. The fourth-order valence-electron chi connectivity index (χ4n) is 5.38. The Kier molecular flexibility index (Phi) is 11.3. The lowest BCUT2D eigenvalue weighted by Gasteiger charge is -2.36. The highest BCUT2D eigenvalue weighted by atomic mass is 79.9.